The zero-order valence-electron chi connectivity index (χ0n) is 18.6. The fourth-order valence-electron chi connectivity index (χ4n) is 2.86. The van der Waals surface area contributed by atoms with Gasteiger partial charge in [0.25, 0.3) is 0 Å². The quantitative estimate of drug-likeness (QED) is 0.192. The van der Waals surface area contributed by atoms with Crippen molar-refractivity contribution in [1.82, 2.24) is 9.78 Å². The Morgan fingerprint density at radius 1 is 1.00 bits per heavy atom. The predicted octanol–water partition coefficient (Wildman–Crippen LogP) is 5.97. The maximum absolute atomic E-state index is 13.7. The third-order valence-electron chi connectivity index (χ3n) is 4.75. The fraction of sp³-hybridized carbons (Fsp3) is 0.273. The topological polar surface area (TPSA) is 65.7 Å². The predicted molar refractivity (Wildman–Crippen MR) is 116 cm³/mol. The minimum Gasteiger partial charge on any atom is -0.439 e. The van der Waals surface area contributed by atoms with Gasteiger partial charge in [-0.1, -0.05) is 35.5 Å². The number of hydrogen-bond acceptors (Lipinski definition) is 5. The second kappa shape index (κ2) is 10.3. The highest BCUT2D eigenvalue weighted by Gasteiger charge is 2.75. The molecule has 14 heteroatoms. The third-order valence-corrected chi connectivity index (χ3v) is 6.17. The molecule has 3 rings (SSSR count). The van der Waals surface area contributed by atoms with Gasteiger partial charge in [-0.3, -0.25) is 0 Å². The maximum atomic E-state index is 13.7. The molecule has 1 heterocycles. The van der Waals surface area contributed by atoms with Gasteiger partial charge in [0.2, 0.25) is 5.88 Å². The Morgan fingerprint density at radius 3 is 2.19 bits per heavy atom. The molecule has 0 saturated carbocycles. The standard InChI is InChI=1S/C22H18F7N3O3S/c1-14-18(19(32(2)31-14)35-16-6-4-3-5-7-16)12-30-34-13-15-8-10-17(11-9-15)36(33)22(28,29)20(23,24)21(25,26)27/h3-12H,13H2,1-2H3. The lowest BCUT2D eigenvalue weighted by molar-refractivity contribution is -0.331. The van der Waals surface area contributed by atoms with E-state index >= 15 is 0 Å². The van der Waals surface area contributed by atoms with Crippen LogP contribution in [0.25, 0.3) is 0 Å². The summed E-state index contributed by atoms with van der Waals surface area (Å²) in [5, 5.41) is 2.19. The zero-order chi connectivity index (χ0) is 26.7. The lowest BCUT2D eigenvalue weighted by atomic mass is 10.2. The highest BCUT2D eigenvalue weighted by Crippen LogP contribution is 2.49. The van der Waals surface area contributed by atoms with Crippen molar-refractivity contribution < 1.29 is 44.5 Å². The van der Waals surface area contributed by atoms with Gasteiger partial charge >= 0.3 is 17.4 Å². The molecule has 0 saturated heterocycles. The van der Waals surface area contributed by atoms with Crippen LogP contribution in [0.4, 0.5) is 30.7 Å². The number of ether oxygens (including phenoxy) is 1. The molecule has 0 aliphatic heterocycles. The molecule has 3 aromatic rings. The molecule has 1 unspecified atom stereocenters. The molecule has 36 heavy (non-hydrogen) atoms. The first-order valence-corrected chi connectivity index (χ1v) is 11.2. The summed E-state index contributed by atoms with van der Waals surface area (Å²) in [4.78, 5) is 4.23. The molecule has 0 amide bonds. The monoisotopic (exact) mass is 537 g/mol. The van der Waals surface area contributed by atoms with Gasteiger partial charge in [0.1, 0.15) is 23.2 Å². The van der Waals surface area contributed by atoms with Crippen molar-refractivity contribution in [3.63, 3.8) is 0 Å². The van der Waals surface area contributed by atoms with Crippen molar-refractivity contribution in [2.24, 2.45) is 12.2 Å². The number of benzene rings is 2. The van der Waals surface area contributed by atoms with E-state index < -0.39 is 33.0 Å². The smallest absolute Gasteiger partial charge is 0.439 e. The van der Waals surface area contributed by atoms with Gasteiger partial charge in [0.15, 0.2) is 0 Å². The Kier molecular flexibility index (Phi) is 7.76. The van der Waals surface area contributed by atoms with Gasteiger partial charge in [-0.15, -0.1) is 0 Å². The van der Waals surface area contributed by atoms with E-state index in [0.717, 1.165) is 24.3 Å². The largest absolute Gasteiger partial charge is 0.461 e. The third kappa shape index (κ3) is 5.53. The lowest BCUT2D eigenvalue weighted by Gasteiger charge is -2.27. The molecule has 0 radical (unpaired) electrons. The summed E-state index contributed by atoms with van der Waals surface area (Å²) < 4.78 is 110. The highest BCUT2D eigenvalue weighted by molar-refractivity contribution is 7.86. The molecule has 0 aliphatic carbocycles. The van der Waals surface area contributed by atoms with Crippen LogP contribution in [-0.4, -0.2) is 37.6 Å². The van der Waals surface area contributed by atoms with Gasteiger partial charge in [-0.05, 0) is 36.8 Å². The molecule has 0 aliphatic rings. The van der Waals surface area contributed by atoms with E-state index in [2.05, 4.69) is 10.3 Å². The Hall–Kier alpha value is -3.42. The zero-order valence-corrected chi connectivity index (χ0v) is 19.4. The minimum absolute atomic E-state index is 0.216. The van der Waals surface area contributed by atoms with Crippen LogP contribution in [0, 0.1) is 6.92 Å². The SMILES string of the molecule is Cc1nn(C)c(Oc2ccccc2)c1C=NOCc1ccc(S(=O)C(F)(F)C(F)(F)C(F)(F)F)cc1. The van der Waals surface area contributed by atoms with E-state index in [0.29, 0.717) is 28.5 Å². The number of oxime groups is 1. The number of para-hydroxylation sites is 1. The molecule has 0 spiro atoms. The Labute approximate surface area is 202 Å². The summed E-state index contributed by atoms with van der Waals surface area (Å²) in [7, 11) is -2.30. The molecule has 6 nitrogen and oxygen atoms in total. The first-order valence-electron chi connectivity index (χ1n) is 10.0. The first-order chi connectivity index (χ1) is 16.8. The summed E-state index contributed by atoms with van der Waals surface area (Å²) in [6, 6.07) is 12.6. The van der Waals surface area contributed by atoms with Crippen LogP contribution >= 0.6 is 0 Å². The molecule has 0 bridgehead atoms. The van der Waals surface area contributed by atoms with E-state index in [1.54, 1.807) is 38.2 Å². The van der Waals surface area contributed by atoms with Crippen molar-refractivity contribution >= 4 is 17.0 Å². The minimum atomic E-state index is -6.57. The van der Waals surface area contributed by atoms with Crippen LogP contribution in [0.15, 0.2) is 64.6 Å². The number of aromatic nitrogens is 2. The second-order valence-electron chi connectivity index (χ2n) is 7.35. The molecule has 0 N–H and O–H groups in total. The van der Waals surface area contributed by atoms with Crippen LogP contribution in [0.1, 0.15) is 16.8 Å². The average molecular weight is 537 g/mol. The van der Waals surface area contributed by atoms with Gasteiger partial charge in [0.05, 0.1) is 17.5 Å². The van der Waals surface area contributed by atoms with E-state index in [9.17, 15) is 34.9 Å². The van der Waals surface area contributed by atoms with Gasteiger partial charge in [0, 0.05) is 11.9 Å². The van der Waals surface area contributed by atoms with Gasteiger partial charge in [-0.25, -0.2) is 8.89 Å². The molecule has 2 aromatic carbocycles. The van der Waals surface area contributed by atoms with Crippen molar-refractivity contribution in [1.29, 1.82) is 0 Å². The molecule has 194 valence electrons. The Balaban J connectivity index is 1.66. The van der Waals surface area contributed by atoms with Gasteiger partial charge in [-0.2, -0.15) is 35.8 Å². The summed E-state index contributed by atoms with van der Waals surface area (Å²) in [6.45, 7) is 1.50. The average Bonchev–Trinajstić information content (AvgIpc) is 3.08. The van der Waals surface area contributed by atoms with Gasteiger partial charge < -0.3 is 9.57 Å². The molecule has 0 fully saturated rings. The summed E-state index contributed by atoms with van der Waals surface area (Å²) in [5.74, 6) is -5.53. The van der Waals surface area contributed by atoms with Crippen molar-refractivity contribution in [2.75, 3.05) is 0 Å². The van der Waals surface area contributed by atoms with E-state index in [1.807, 2.05) is 6.07 Å². The summed E-state index contributed by atoms with van der Waals surface area (Å²) in [6.07, 6.45) is -5.24. The number of rotatable bonds is 9. The highest BCUT2D eigenvalue weighted by atomic mass is 32.2. The number of alkyl halides is 7. The summed E-state index contributed by atoms with van der Waals surface area (Å²) >= 11 is 0. The lowest BCUT2D eigenvalue weighted by Crippen LogP contribution is -2.54. The van der Waals surface area contributed by atoms with Crippen LogP contribution in [0.5, 0.6) is 11.6 Å². The second-order valence-corrected chi connectivity index (χ2v) is 8.87. The van der Waals surface area contributed by atoms with Crippen LogP contribution in [0.2, 0.25) is 0 Å². The van der Waals surface area contributed by atoms with Crippen LogP contribution in [0.3, 0.4) is 0 Å². The number of halogens is 7. The van der Waals surface area contributed by atoms with Crippen molar-refractivity contribution in [3.05, 3.63) is 71.4 Å². The van der Waals surface area contributed by atoms with E-state index in [-0.39, 0.29) is 6.61 Å². The Morgan fingerprint density at radius 2 is 1.61 bits per heavy atom. The molecular formula is C22H18F7N3O3S. The van der Waals surface area contributed by atoms with E-state index in [4.69, 9.17) is 9.57 Å². The molecule has 1 atom stereocenters. The molecular weight excluding hydrogens is 519 g/mol. The number of nitrogens with zero attached hydrogens (tertiary/aromatic N) is 3. The number of aryl methyl sites for hydroxylation is 2. The van der Waals surface area contributed by atoms with Crippen LogP contribution in [-0.2, 0) is 29.3 Å². The van der Waals surface area contributed by atoms with Crippen molar-refractivity contribution in [2.45, 2.75) is 35.8 Å². The van der Waals surface area contributed by atoms with Crippen LogP contribution < -0.4 is 4.74 Å². The normalized spacial score (nSPS) is 13.7. The Bertz CT molecular complexity index is 1240. The van der Waals surface area contributed by atoms with E-state index in [1.165, 1.54) is 10.9 Å². The maximum Gasteiger partial charge on any atom is 0.461 e. The fourth-order valence-corrected chi connectivity index (χ4v) is 3.89. The summed E-state index contributed by atoms with van der Waals surface area (Å²) in [5.41, 5.74) is 1.39. The first kappa shape index (κ1) is 27.2. The van der Waals surface area contributed by atoms with Crippen molar-refractivity contribution in [3.8, 4) is 11.6 Å². The number of hydrogen-bond donors (Lipinski definition) is 0. The molecule has 1 aromatic heterocycles.